The van der Waals surface area contributed by atoms with Gasteiger partial charge in [-0.1, -0.05) is 25.1 Å². The molecule has 1 aliphatic heterocycles. The average Bonchev–Trinajstić information content (AvgIpc) is 2.35. The Morgan fingerprint density at radius 2 is 1.94 bits per heavy atom. The molecule has 4 nitrogen and oxygen atoms in total. The van der Waals surface area contributed by atoms with Crippen LogP contribution < -0.4 is 0 Å². The first-order valence-corrected chi connectivity index (χ1v) is 5.69. The van der Waals surface area contributed by atoms with Crippen molar-refractivity contribution in [1.29, 1.82) is 0 Å². The van der Waals surface area contributed by atoms with Gasteiger partial charge in [-0.15, -0.1) is 0 Å². The van der Waals surface area contributed by atoms with Gasteiger partial charge in [0.15, 0.2) is 0 Å². The van der Waals surface area contributed by atoms with Gasteiger partial charge in [0.1, 0.15) is 0 Å². The van der Waals surface area contributed by atoms with Gasteiger partial charge in [-0.2, -0.15) is 0 Å². The molecule has 2 rings (SSSR count). The van der Waals surface area contributed by atoms with Gasteiger partial charge in [0.25, 0.3) is 5.91 Å². The molecule has 4 heteroatoms. The highest BCUT2D eigenvalue weighted by molar-refractivity contribution is 5.95. The van der Waals surface area contributed by atoms with E-state index in [2.05, 4.69) is 0 Å². The number of carbonyl (C=O) groups is 2. The predicted molar refractivity (Wildman–Crippen MR) is 64.3 cm³/mol. The van der Waals surface area contributed by atoms with E-state index in [4.69, 9.17) is 0 Å². The molecular weight excluding hydrogens is 216 g/mol. The number of amides is 2. The average molecular weight is 232 g/mol. The molecule has 1 heterocycles. The van der Waals surface area contributed by atoms with Crippen molar-refractivity contribution in [2.75, 3.05) is 20.3 Å². The van der Waals surface area contributed by atoms with Crippen molar-refractivity contribution in [3.8, 4) is 0 Å². The molecule has 0 saturated carbocycles. The Hall–Kier alpha value is -1.84. The van der Waals surface area contributed by atoms with Crippen LogP contribution in [0.5, 0.6) is 0 Å². The zero-order chi connectivity index (χ0) is 12.4. The van der Waals surface area contributed by atoms with E-state index in [0.717, 1.165) is 0 Å². The summed E-state index contributed by atoms with van der Waals surface area (Å²) in [4.78, 5) is 27.1. The topological polar surface area (TPSA) is 40.6 Å². The molecule has 17 heavy (non-hydrogen) atoms. The lowest BCUT2D eigenvalue weighted by Crippen LogP contribution is -2.52. The number of hydrogen-bond donors (Lipinski definition) is 0. The van der Waals surface area contributed by atoms with E-state index >= 15 is 0 Å². The van der Waals surface area contributed by atoms with Crippen LogP contribution in [0.3, 0.4) is 0 Å². The highest BCUT2D eigenvalue weighted by Gasteiger charge is 2.30. The van der Waals surface area contributed by atoms with E-state index in [-0.39, 0.29) is 17.7 Å². The summed E-state index contributed by atoms with van der Waals surface area (Å²) in [5.41, 5.74) is 0.669. The Bertz CT molecular complexity index is 416. The first-order valence-electron chi connectivity index (χ1n) is 5.69. The standard InChI is InChI=1S/C13H16N2O2/c1-10-8-15(9-14(2)12(10)16)13(17)11-6-4-3-5-7-11/h3-7,10H,8-9H2,1-2H3. The molecule has 1 atom stereocenters. The second kappa shape index (κ2) is 4.57. The fourth-order valence-corrected chi connectivity index (χ4v) is 2.08. The van der Waals surface area contributed by atoms with Gasteiger partial charge >= 0.3 is 0 Å². The molecule has 0 radical (unpaired) electrons. The second-order valence-electron chi connectivity index (χ2n) is 4.47. The lowest BCUT2D eigenvalue weighted by molar-refractivity contribution is -0.139. The van der Waals surface area contributed by atoms with Gasteiger partial charge < -0.3 is 9.80 Å². The lowest BCUT2D eigenvalue weighted by Gasteiger charge is -2.36. The van der Waals surface area contributed by atoms with Crippen LogP contribution in [0.25, 0.3) is 0 Å². The predicted octanol–water partition coefficient (Wildman–Crippen LogP) is 1.19. The smallest absolute Gasteiger partial charge is 0.255 e. The van der Waals surface area contributed by atoms with Crippen molar-refractivity contribution in [3.05, 3.63) is 35.9 Å². The molecule has 0 aromatic heterocycles. The van der Waals surface area contributed by atoms with Gasteiger partial charge in [0.2, 0.25) is 5.91 Å². The second-order valence-corrected chi connectivity index (χ2v) is 4.47. The summed E-state index contributed by atoms with van der Waals surface area (Å²) in [5, 5.41) is 0. The van der Waals surface area contributed by atoms with Crippen LogP contribution in [-0.2, 0) is 4.79 Å². The van der Waals surface area contributed by atoms with E-state index in [1.54, 1.807) is 29.0 Å². The van der Waals surface area contributed by atoms with Gasteiger partial charge in [0, 0.05) is 19.2 Å². The molecular formula is C13H16N2O2. The molecule has 1 fully saturated rings. The van der Waals surface area contributed by atoms with Crippen molar-refractivity contribution >= 4 is 11.8 Å². The minimum Gasteiger partial charge on any atom is -0.328 e. The Kier molecular flexibility index (Phi) is 3.13. The van der Waals surface area contributed by atoms with Crippen LogP contribution in [0.4, 0.5) is 0 Å². The van der Waals surface area contributed by atoms with Crippen LogP contribution in [-0.4, -0.2) is 41.9 Å². The summed E-state index contributed by atoms with van der Waals surface area (Å²) >= 11 is 0. The molecule has 1 aromatic rings. The lowest BCUT2D eigenvalue weighted by atomic mass is 10.1. The molecule has 1 saturated heterocycles. The van der Waals surface area contributed by atoms with E-state index < -0.39 is 0 Å². The van der Waals surface area contributed by atoms with Gasteiger partial charge in [0.05, 0.1) is 12.6 Å². The van der Waals surface area contributed by atoms with Crippen LogP contribution in [0.15, 0.2) is 30.3 Å². The summed E-state index contributed by atoms with van der Waals surface area (Å²) in [6.07, 6.45) is 0. The highest BCUT2D eigenvalue weighted by Crippen LogP contribution is 2.14. The Labute approximate surface area is 101 Å². The summed E-state index contributed by atoms with van der Waals surface area (Å²) in [6.45, 7) is 2.72. The molecule has 90 valence electrons. The number of benzene rings is 1. The van der Waals surface area contributed by atoms with Crippen LogP contribution in [0.1, 0.15) is 17.3 Å². The van der Waals surface area contributed by atoms with Crippen LogP contribution in [0.2, 0.25) is 0 Å². The molecule has 1 unspecified atom stereocenters. The maximum atomic E-state index is 12.2. The Morgan fingerprint density at radius 1 is 1.29 bits per heavy atom. The van der Waals surface area contributed by atoms with Crippen LogP contribution in [0, 0.1) is 5.92 Å². The molecule has 1 aliphatic rings. The van der Waals surface area contributed by atoms with E-state index in [1.165, 1.54) is 0 Å². The highest BCUT2D eigenvalue weighted by atomic mass is 16.2. The van der Waals surface area contributed by atoms with E-state index in [0.29, 0.717) is 18.8 Å². The molecule has 0 bridgehead atoms. The molecule has 0 spiro atoms. The maximum Gasteiger partial charge on any atom is 0.255 e. The molecule has 1 aromatic carbocycles. The number of hydrogen-bond acceptors (Lipinski definition) is 2. The maximum absolute atomic E-state index is 12.2. The zero-order valence-electron chi connectivity index (χ0n) is 10.1. The van der Waals surface area contributed by atoms with Crippen molar-refractivity contribution in [1.82, 2.24) is 9.80 Å². The first kappa shape index (κ1) is 11.6. The van der Waals surface area contributed by atoms with Crippen molar-refractivity contribution in [2.24, 2.45) is 5.92 Å². The van der Waals surface area contributed by atoms with Crippen molar-refractivity contribution in [2.45, 2.75) is 6.92 Å². The Morgan fingerprint density at radius 3 is 2.53 bits per heavy atom. The quantitative estimate of drug-likeness (QED) is 0.730. The Balaban J connectivity index is 2.14. The number of nitrogens with zero attached hydrogens (tertiary/aromatic N) is 2. The zero-order valence-corrected chi connectivity index (χ0v) is 10.1. The van der Waals surface area contributed by atoms with Gasteiger partial charge in [-0.3, -0.25) is 9.59 Å². The summed E-state index contributed by atoms with van der Waals surface area (Å²) in [5.74, 6) is -0.0414. The third kappa shape index (κ3) is 2.30. The minimum atomic E-state index is -0.124. The minimum absolute atomic E-state index is 0.0169. The first-order chi connectivity index (χ1) is 8.09. The van der Waals surface area contributed by atoms with E-state index in [9.17, 15) is 9.59 Å². The van der Waals surface area contributed by atoms with Crippen molar-refractivity contribution < 1.29 is 9.59 Å². The van der Waals surface area contributed by atoms with Gasteiger partial charge in [-0.05, 0) is 12.1 Å². The summed E-state index contributed by atoms with van der Waals surface area (Å²) in [6, 6.07) is 9.16. The summed E-state index contributed by atoms with van der Waals surface area (Å²) in [7, 11) is 1.73. The molecule has 2 amide bonds. The number of carbonyl (C=O) groups excluding carboxylic acids is 2. The normalized spacial score (nSPS) is 20.6. The largest absolute Gasteiger partial charge is 0.328 e. The van der Waals surface area contributed by atoms with Crippen molar-refractivity contribution in [3.63, 3.8) is 0 Å². The number of rotatable bonds is 1. The van der Waals surface area contributed by atoms with Crippen LogP contribution >= 0.6 is 0 Å². The molecule has 0 aliphatic carbocycles. The third-order valence-corrected chi connectivity index (χ3v) is 2.98. The molecule has 0 N–H and O–H groups in total. The van der Waals surface area contributed by atoms with E-state index in [1.807, 2.05) is 25.1 Å². The fourth-order valence-electron chi connectivity index (χ4n) is 2.08. The fraction of sp³-hybridized carbons (Fsp3) is 0.385. The SMILES string of the molecule is CC1CN(C(=O)c2ccccc2)CN(C)C1=O. The third-order valence-electron chi connectivity index (χ3n) is 2.98. The van der Waals surface area contributed by atoms with Gasteiger partial charge in [-0.25, -0.2) is 0 Å². The summed E-state index contributed by atoms with van der Waals surface area (Å²) < 4.78 is 0. The monoisotopic (exact) mass is 232 g/mol.